The van der Waals surface area contributed by atoms with Crippen LogP contribution in [0.15, 0.2) is 21.5 Å². The van der Waals surface area contributed by atoms with Crippen LogP contribution in [0, 0.1) is 5.82 Å². The maximum absolute atomic E-state index is 14.3. The van der Waals surface area contributed by atoms with Crippen LogP contribution in [-0.4, -0.2) is 32.7 Å². The summed E-state index contributed by atoms with van der Waals surface area (Å²) in [4.78, 5) is 11.8. The zero-order chi connectivity index (χ0) is 16.5. The van der Waals surface area contributed by atoms with E-state index in [9.17, 15) is 17.6 Å². The maximum Gasteiger partial charge on any atom is 0.254 e. The van der Waals surface area contributed by atoms with Crippen molar-refractivity contribution in [3.8, 4) is 0 Å². The highest BCUT2D eigenvalue weighted by atomic mass is 79.9. The number of carbonyl (C=O) groups excluding carboxylic acids is 1. The maximum atomic E-state index is 14.3. The van der Waals surface area contributed by atoms with Crippen molar-refractivity contribution in [3.63, 3.8) is 0 Å². The third kappa shape index (κ3) is 4.05. The Balaban J connectivity index is 2.25. The van der Waals surface area contributed by atoms with E-state index in [4.69, 9.17) is 5.73 Å². The summed E-state index contributed by atoms with van der Waals surface area (Å²) in [5.74, 6) is -1.63. The quantitative estimate of drug-likeness (QED) is 0.822. The first kappa shape index (κ1) is 17.4. The molecule has 2 rings (SSSR count). The van der Waals surface area contributed by atoms with E-state index in [0.29, 0.717) is 4.47 Å². The first-order chi connectivity index (χ1) is 10.2. The highest BCUT2D eigenvalue weighted by Gasteiger charge is 2.25. The minimum Gasteiger partial charge on any atom is -0.349 e. The van der Waals surface area contributed by atoms with Crippen LogP contribution in [0.1, 0.15) is 36.0 Å². The molecular formula is C14H18BrFN2O3S. The number of nitrogens with one attached hydrogen (secondary N) is 1. The van der Waals surface area contributed by atoms with Crippen molar-refractivity contribution in [1.82, 2.24) is 5.32 Å². The molecule has 0 saturated heterocycles. The topological polar surface area (TPSA) is 89.3 Å². The molecule has 1 aliphatic carbocycles. The van der Waals surface area contributed by atoms with Gasteiger partial charge >= 0.3 is 0 Å². The SMILES string of the molecule is CS(=O)(=O)c1cc(Br)cc(C(=O)NC2CCC(N)CC2)c1F. The number of sulfone groups is 1. The van der Waals surface area contributed by atoms with E-state index < -0.39 is 26.5 Å². The lowest BCUT2D eigenvalue weighted by atomic mass is 9.91. The fourth-order valence-electron chi connectivity index (χ4n) is 2.53. The fourth-order valence-corrected chi connectivity index (χ4v) is 3.91. The Hall–Kier alpha value is -0.990. The van der Waals surface area contributed by atoms with Crippen LogP contribution >= 0.6 is 15.9 Å². The van der Waals surface area contributed by atoms with Crippen molar-refractivity contribution in [1.29, 1.82) is 0 Å². The number of amides is 1. The van der Waals surface area contributed by atoms with E-state index in [2.05, 4.69) is 21.2 Å². The van der Waals surface area contributed by atoms with Crippen molar-refractivity contribution >= 4 is 31.7 Å². The first-order valence-corrected chi connectivity index (χ1v) is 9.62. The van der Waals surface area contributed by atoms with Gasteiger partial charge in [0.25, 0.3) is 5.91 Å². The standard InChI is InChI=1S/C14H18BrFN2O3S/c1-22(20,21)12-7-8(15)6-11(13(12)16)14(19)18-10-4-2-9(17)3-5-10/h6-7,9-10H,2-5,17H2,1H3,(H,18,19). The molecule has 1 amide bonds. The Bertz CT molecular complexity index is 686. The molecule has 1 aromatic rings. The van der Waals surface area contributed by atoms with Gasteiger partial charge in [-0.25, -0.2) is 12.8 Å². The van der Waals surface area contributed by atoms with E-state index in [-0.39, 0.29) is 17.6 Å². The highest BCUT2D eigenvalue weighted by Crippen LogP contribution is 2.25. The Morgan fingerprint density at radius 2 is 1.91 bits per heavy atom. The number of benzene rings is 1. The number of halogens is 2. The molecule has 0 radical (unpaired) electrons. The Morgan fingerprint density at radius 1 is 1.32 bits per heavy atom. The second-order valence-corrected chi connectivity index (χ2v) is 8.52. The van der Waals surface area contributed by atoms with Gasteiger partial charge in [0.15, 0.2) is 15.7 Å². The van der Waals surface area contributed by atoms with Gasteiger partial charge in [-0.2, -0.15) is 0 Å². The molecular weight excluding hydrogens is 375 g/mol. The van der Waals surface area contributed by atoms with Crippen LogP contribution in [0.2, 0.25) is 0 Å². The minimum absolute atomic E-state index is 0.0626. The lowest BCUT2D eigenvalue weighted by Crippen LogP contribution is -2.40. The van der Waals surface area contributed by atoms with E-state index in [1.165, 1.54) is 6.07 Å². The molecule has 1 aliphatic rings. The number of carbonyl (C=O) groups is 1. The van der Waals surface area contributed by atoms with Gasteiger partial charge in [-0.1, -0.05) is 15.9 Å². The molecule has 3 N–H and O–H groups in total. The third-order valence-electron chi connectivity index (χ3n) is 3.76. The summed E-state index contributed by atoms with van der Waals surface area (Å²) in [5, 5.41) is 2.75. The summed E-state index contributed by atoms with van der Waals surface area (Å²) in [6, 6.07) is 2.52. The van der Waals surface area contributed by atoms with Crippen molar-refractivity contribution < 1.29 is 17.6 Å². The van der Waals surface area contributed by atoms with Crippen LogP contribution in [-0.2, 0) is 9.84 Å². The van der Waals surface area contributed by atoms with Crippen LogP contribution < -0.4 is 11.1 Å². The highest BCUT2D eigenvalue weighted by molar-refractivity contribution is 9.10. The molecule has 22 heavy (non-hydrogen) atoms. The molecule has 1 aromatic carbocycles. The van der Waals surface area contributed by atoms with Crippen LogP contribution in [0.4, 0.5) is 4.39 Å². The zero-order valence-corrected chi connectivity index (χ0v) is 14.5. The summed E-state index contributed by atoms with van der Waals surface area (Å²) in [6.45, 7) is 0. The summed E-state index contributed by atoms with van der Waals surface area (Å²) >= 11 is 3.11. The first-order valence-electron chi connectivity index (χ1n) is 6.94. The van der Waals surface area contributed by atoms with Crippen molar-refractivity contribution in [2.45, 2.75) is 42.7 Å². The summed E-state index contributed by atoms with van der Waals surface area (Å²) in [7, 11) is -3.75. The van der Waals surface area contributed by atoms with Gasteiger partial charge < -0.3 is 11.1 Å². The lowest BCUT2D eigenvalue weighted by molar-refractivity contribution is 0.0921. The number of hydrogen-bond acceptors (Lipinski definition) is 4. The van der Waals surface area contributed by atoms with Crippen molar-refractivity contribution in [2.24, 2.45) is 5.73 Å². The van der Waals surface area contributed by atoms with Gasteiger partial charge in [0.2, 0.25) is 0 Å². The van der Waals surface area contributed by atoms with E-state index >= 15 is 0 Å². The monoisotopic (exact) mass is 392 g/mol. The third-order valence-corrected chi connectivity index (χ3v) is 5.31. The summed E-state index contributed by atoms with van der Waals surface area (Å²) in [5.41, 5.74) is 5.53. The molecule has 0 aliphatic heterocycles. The van der Waals surface area contributed by atoms with Gasteiger partial charge in [-0.05, 0) is 37.8 Å². The predicted molar refractivity (Wildman–Crippen MR) is 84.9 cm³/mol. The van der Waals surface area contributed by atoms with Crippen LogP contribution in [0.25, 0.3) is 0 Å². The van der Waals surface area contributed by atoms with Crippen LogP contribution in [0.5, 0.6) is 0 Å². The molecule has 0 unspecified atom stereocenters. The summed E-state index contributed by atoms with van der Waals surface area (Å²) in [6.07, 6.45) is 3.99. The molecule has 0 atom stereocenters. The second-order valence-electron chi connectivity index (χ2n) is 5.62. The van der Waals surface area contributed by atoms with Crippen LogP contribution in [0.3, 0.4) is 0 Å². The molecule has 1 fully saturated rings. The van der Waals surface area contributed by atoms with Gasteiger partial charge in [-0.15, -0.1) is 0 Å². The lowest BCUT2D eigenvalue weighted by Gasteiger charge is -2.27. The number of nitrogens with two attached hydrogens (primary N) is 1. The molecule has 8 heteroatoms. The molecule has 0 heterocycles. The smallest absolute Gasteiger partial charge is 0.254 e. The normalized spacial score (nSPS) is 22.4. The van der Waals surface area contributed by atoms with Crippen molar-refractivity contribution in [2.75, 3.05) is 6.26 Å². The minimum atomic E-state index is -3.75. The molecule has 0 aromatic heterocycles. The molecule has 1 saturated carbocycles. The van der Waals surface area contributed by atoms with Crippen molar-refractivity contribution in [3.05, 3.63) is 28.0 Å². The summed E-state index contributed by atoms with van der Waals surface area (Å²) < 4.78 is 37.9. The van der Waals surface area contributed by atoms with E-state index in [1.54, 1.807) is 0 Å². The van der Waals surface area contributed by atoms with E-state index in [1.807, 2.05) is 0 Å². The molecule has 122 valence electrons. The predicted octanol–water partition coefficient (Wildman–Crippen LogP) is 1.99. The van der Waals surface area contributed by atoms with E-state index in [0.717, 1.165) is 38.0 Å². The van der Waals surface area contributed by atoms with Gasteiger partial charge in [0, 0.05) is 22.8 Å². The number of rotatable bonds is 3. The second kappa shape index (κ2) is 6.64. The van der Waals surface area contributed by atoms with Gasteiger partial charge in [-0.3, -0.25) is 4.79 Å². The largest absolute Gasteiger partial charge is 0.349 e. The fraction of sp³-hybridized carbons (Fsp3) is 0.500. The van der Waals surface area contributed by atoms with Gasteiger partial charge in [0.05, 0.1) is 5.56 Å². The number of hydrogen-bond donors (Lipinski definition) is 2. The molecule has 5 nitrogen and oxygen atoms in total. The average molecular weight is 393 g/mol. The molecule has 0 spiro atoms. The Labute approximate surface area is 137 Å². The Kier molecular flexibility index (Phi) is 5.24. The Morgan fingerprint density at radius 3 is 2.45 bits per heavy atom. The molecule has 0 bridgehead atoms. The zero-order valence-electron chi connectivity index (χ0n) is 12.1. The average Bonchev–Trinajstić information content (AvgIpc) is 2.42. The van der Waals surface area contributed by atoms with Gasteiger partial charge in [0.1, 0.15) is 4.90 Å².